The van der Waals surface area contributed by atoms with Crippen molar-refractivity contribution < 1.29 is 4.79 Å². The van der Waals surface area contributed by atoms with E-state index in [9.17, 15) is 4.79 Å². The van der Waals surface area contributed by atoms with Gasteiger partial charge in [0, 0.05) is 25.1 Å². The lowest BCUT2D eigenvalue weighted by Gasteiger charge is -2.16. The molecule has 0 bridgehead atoms. The summed E-state index contributed by atoms with van der Waals surface area (Å²) in [6.45, 7) is 4.21. The van der Waals surface area contributed by atoms with Gasteiger partial charge in [0.1, 0.15) is 16.5 Å². The maximum atomic E-state index is 11.9. The zero-order chi connectivity index (χ0) is 11.0. The van der Waals surface area contributed by atoms with Crippen LogP contribution >= 0.6 is 11.8 Å². The van der Waals surface area contributed by atoms with Crippen LogP contribution in [0.25, 0.3) is 0 Å². The third-order valence-electron chi connectivity index (χ3n) is 2.68. The molecule has 15 heavy (non-hydrogen) atoms. The second-order valence-corrected chi connectivity index (χ2v) is 5.47. The molecule has 0 spiro atoms. The molecule has 0 saturated carbocycles. The van der Waals surface area contributed by atoms with E-state index in [0.717, 1.165) is 29.4 Å². The van der Waals surface area contributed by atoms with Crippen LogP contribution in [0.3, 0.4) is 0 Å². The highest BCUT2D eigenvalue weighted by molar-refractivity contribution is 8.00. The average Bonchev–Trinajstić information content (AvgIpc) is 2.43. The van der Waals surface area contributed by atoms with Crippen molar-refractivity contribution in [3.63, 3.8) is 0 Å². The molecule has 1 aromatic heterocycles. The lowest BCUT2D eigenvalue weighted by atomic mass is 10.2. The van der Waals surface area contributed by atoms with E-state index in [1.165, 1.54) is 0 Å². The molecular formula is C11H16N2OS. The van der Waals surface area contributed by atoms with Crippen LogP contribution < -0.4 is 0 Å². The van der Waals surface area contributed by atoms with Crippen molar-refractivity contribution in [2.24, 2.45) is 7.05 Å². The van der Waals surface area contributed by atoms with Crippen molar-refractivity contribution in [3.05, 3.63) is 11.5 Å². The second-order valence-electron chi connectivity index (χ2n) is 4.05. The van der Waals surface area contributed by atoms with Gasteiger partial charge in [-0.3, -0.25) is 4.79 Å². The minimum Gasteiger partial charge on any atom is -0.328 e. The lowest BCUT2D eigenvalue weighted by Crippen LogP contribution is -2.17. The van der Waals surface area contributed by atoms with Gasteiger partial charge in [-0.1, -0.05) is 13.8 Å². The molecule has 4 heteroatoms. The molecule has 0 radical (unpaired) electrons. The number of ketones is 1. The van der Waals surface area contributed by atoms with E-state index >= 15 is 0 Å². The number of fused-ring (bicyclic) bond motifs is 1. The molecule has 1 aromatic rings. The highest BCUT2D eigenvalue weighted by Gasteiger charge is 2.28. The van der Waals surface area contributed by atoms with E-state index < -0.39 is 0 Å². The van der Waals surface area contributed by atoms with Crippen LogP contribution in [-0.2, 0) is 13.5 Å². The molecule has 0 aliphatic carbocycles. The fourth-order valence-corrected chi connectivity index (χ4v) is 3.08. The quantitative estimate of drug-likeness (QED) is 0.774. The monoisotopic (exact) mass is 224 g/mol. The van der Waals surface area contributed by atoms with E-state index in [0.29, 0.717) is 11.7 Å². The topological polar surface area (TPSA) is 34.9 Å². The van der Waals surface area contributed by atoms with Gasteiger partial charge in [0.2, 0.25) is 0 Å². The molecule has 0 fully saturated rings. The Bertz CT molecular complexity index is 398. The third-order valence-corrected chi connectivity index (χ3v) is 3.76. The Hall–Kier alpha value is -0.770. The van der Waals surface area contributed by atoms with Gasteiger partial charge in [0.15, 0.2) is 5.78 Å². The maximum absolute atomic E-state index is 11.9. The molecular weight excluding hydrogens is 208 g/mol. The Morgan fingerprint density at radius 3 is 3.00 bits per heavy atom. The van der Waals surface area contributed by atoms with Gasteiger partial charge < -0.3 is 4.57 Å². The molecule has 0 aromatic carbocycles. The Morgan fingerprint density at radius 2 is 2.33 bits per heavy atom. The molecule has 0 saturated heterocycles. The molecule has 1 aliphatic heterocycles. The molecule has 0 N–H and O–H groups in total. The first-order chi connectivity index (χ1) is 7.13. The summed E-state index contributed by atoms with van der Waals surface area (Å²) in [6.07, 6.45) is 2.66. The normalized spacial score (nSPS) is 20.5. The predicted molar refractivity (Wildman–Crippen MR) is 61.5 cm³/mol. The first kappa shape index (κ1) is 10.7. The summed E-state index contributed by atoms with van der Waals surface area (Å²) < 4.78 is 1.97. The largest absolute Gasteiger partial charge is 0.328 e. The molecule has 3 nitrogen and oxygen atoms in total. The number of thioether (sulfide) groups is 1. The van der Waals surface area contributed by atoms with Gasteiger partial charge in [0.25, 0.3) is 0 Å². The number of hydrogen-bond donors (Lipinski definition) is 0. The highest BCUT2D eigenvalue weighted by Crippen LogP contribution is 2.34. The highest BCUT2D eigenvalue weighted by atomic mass is 32.2. The third kappa shape index (κ3) is 1.83. The first-order valence-corrected chi connectivity index (χ1v) is 6.27. The minimum atomic E-state index is 0.244. The predicted octanol–water partition coefficient (Wildman–Crippen LogP) is 2.44. The van der Waals surface area contributed by atoms with Crippen molar-refractivity contribution in [2.75, 3.05) is 0 Å². The summed E-state index contributed by atoms with van der Waals surface area (Å²) in [4.78, 5) is 16.4. The molecule has 0 amide bonds. The second kappa shape index (κ2) is 4.00. The molecule has 2 rings (SSSR count). The van der Waals surface area contributed by atoms with Crippen molar-refractivity contribution in [3.8, 4) is 0 Å². The van der Waals surface area contributed by atoms with Crippen molar-refractivity contribution in [2.45, 2.75) is 43.4 Å². The smallest absolute Gasteiger partial charge is 0.183 e. The van der Waals surface area contributed by atoms with Gasteiger partial charge in [-0.15, -0.1) is 11.8 Å². The van der Waals surface area contributed by atoms with Crippen molar-refractivity contribution in [1.29, 1.82) is 0 Å². The number of Topliss-reactive ketones (excluding diaryl/α,β-unsaturated/α-hetero) is 1. The Kier molecular flexibility index (Phi) is 2.87. The summed E-state index contributed by atoms with van der Waals surface area (Å²) in [5, 5.41) is 1.30. The van der Waals surface area contributed by atoms with Gasteiger partial charge in [-0.05, 0) is 6.42 Å². The zero-order valence-corrected chi connectivity index (χ0v) is 10.2. The number of hydrogen-bond acceptors (Lipinski definition) is 3. The summed E-state index contributed by atoms with van der Waals surface area (Å²) in [5.74, 6) is 1.28. The Labute approximate surface area is 94.3 Å². The number of imidazole rings is 1. The number of nitrogens with zero attached hydrogens (tertiary/aromatic N) is 2. The van der Waals surface area contributed by atoms with Crippen LogP contribution in [0.2, 0.25) is 0 Å². The minimum absolute atomic E-state index is 0.244. The summed E-state index contributed by atoms with van der Waals surface area (Å²) in [6, 6.07) is 0. The summed E-state index contributed by atoms with van der Waals surface area (Å²) in [5.41, 5.74) is 0.821. The number of rotatable bonds is 2. The van der Waals surface area contributed by atoms with Crippen LogP contribution in [0.5, 0.6) is 0 Å². The summed E-state index contributed by atoms with van der Waals surface area (Å²) >= 11 is 1.72. The van der Waals surface area contributed by atoms with Crippen molar-refractivity contribution >= 4 is 17.5 Å². The van der Waals surface area contributed by atoms with Gasteiger partial charge in [-0.2, -0.15) is 0 Å². The van der Waals surface area contributed by atoms with E-state index in [-0.39, 0.29) is 5.78 Å². The zero-order valence-electron chi connectivity index (χ0n) is 9.41. The van der Waals surface area contributed by atoms with E-state index in [1.807, 2.05) is 11.6 Å². The lowest BCUT2D eigenvalue weighted by molar-refractivity contribution is 0.0969. The van der Waals surface area contributed by atoms with E-state index in [2.05, 4.69) is 18.8 Å². The summed E-state index contributed by atoms with van der Waals surface area (Å²) in [7, 11) is 1.95. The fourth-order valence-electron chi connectivity index (χ4n) is 1.94. The van der Waals surface area contributed by atoms with Crippen LogP contribution in [0.1, 0.15) is 43.0 Å². The van der Waals surface area contributed by atoms with Gasteiger partial charge in [0.05, 0.1) is 0 Å². The van der Waals surface area contributed by atoms with Crippen LogP contribution in [-0.4, -0.2) is 20.6 Å². The molecule has 2 heterocycles. The first-order valence-electron chi connectivity index (χ1n) is 5.39. The molecule has 1 unspecified atom stereocenters. The fraction of sp³-hybridized carbons (Fsp3) is 0.636. The molecule has 1 atom stereocenters. The average molecular weight is 224 g/mol. The molecule has 1 aliphatic rings. The number of carbonyl (C=O) groups excluding carboxylic acids is 1. The van der Waals surface area contributed by atoms with Crippen LogP contribution in [0, 0.1) is 0 Å². The number of aryl methyl sites for hydroxylation is 1. The molecule has 82 valence electrons. The van der Waals surface area contributed by atoms with Gasteiger partial charge in [-0.25, -0.2) is 4.98 Å². The Morgan fingerprint density at radius 1 is 1.60 bits per heavy atom. The number of carbonyl (C=O) groups is 1. The standard InChI is InChI=1S/C11H16N2OS/c1-4-5-9-12-11-10(13(9)3)8(14)6-7(2)15-11/h7H,4-6H2,1-3H3. The van der Waals surface area contributed by atoms with Crippen molar-refractivity contribution in [1.82, 2.24) is 9.55 Å². The van der Waals surface area contributed by atoms with E-state index in [4.69, 9.17) is 0 Å². The SMILES string of the molecule is CCCc1nc2c(n1C)C(=O)CC(C)S2. The maximum Gasteiger partial charge on any atom is 0.183 e. The van der Waals surface area contributed by atoms with Gasteiger partial charge >= 0.3 is 0 Å². The number of aromatic nitrogens is 2. The van der Waals surface area contributed by atoms with Crippen LogP contribution in [0.15, 0.2) is 5.03 Å². The van der Waals surface area contributed by atoms with Crippen LogP contribution in [0.4, 0.5) is 0 Å². The van der Waals surface area contributed by atoms with E-state index in [1.54, 1.807) is 11.8 Å². The Balaban J connectivity index is 2.43.